The first-order valence-corrected chi connectivity index (χ1v) is 6.22. The molecule has 0 bridgehead atoms. The van der Waals surface area contributed by atoms with Crippen molar-refractivity contribution >= 4 is 34.8 Å². The first-order valence-electron chi connectivity index (χ1n) is 5.46. The molecule has 6 heteroatoms. The molecule has 100 valence electrons. The molecule has 0 atom stereocenters. The van der Waals surface area contributed by atoms with Crippen molar-refractivity contribution < 1.29 is 9.90 Å². The van der Waals surface area contributed by atoms with Gasteiger partial charge in [-0.2, -0.15) is 0 Å². The Kier molecular flexibility index (Phi) is 5.41. The zero-order chi connectivity index (χ0) is 13.8. The van der Waals surface area contributed by atoms with Crippen LogP contribution in [0.15, 0.2) is 18.2 Å². The van der Waals surface area contributed by atoms with Crippen LogP contribution in [0.2, 0.25) is 10.0 Å². The van der Waals surface area contributed by atoms with Crippen LogP contribution in [0.1, 0.15) is 13.8 Å². The van der Waals surface area contributed by atoms with Gasteiger partial charge in [0.1, 0.15) is 0 Å². The first-order chi connectivity index (χ1) is 8.29. The lowest BCUT2D eigenvalue weighted by Crippen LogP contribution is -2.38. The van der Waals surface area contributed by atoms with Crippen LogP contribution in [-0.4, -0.2) is 29.7 Å². The number of carbonyl (C=O) groups is 1. The van der Waals surface area contributed by atoms with Crippen LogP contribution in [0.3, 0.4) is 0 Å². The third-order valence-electron chi connectivity index (χ3n) is 2.07. The maximum Gasteiger partial charge on any atom is 0.238 e. The van der Waals surface area contributed by atoms with Gasteiger partial charge in [-0.1, -0.05) is 29.3 Å². The summed E-state index contributed by atoms with van der Waals surface area (Å²) in [5.74, 6) is -0.269. The molecule has 0 aliphatic heterocycles. The number of para-hydroxylation sites is 1. The van der Waals surface area contributed by atoms with Crippen molar-refractivity contribution in [2.75, 3.05) is 18.4 Å². The van der Waals surface area contributed by atoms with Gasteiger partial charge in [-0.25, -0.2) is 0 Å². The van der Waals surface area contributed by atoms with E-state index in [9.17, 15) is 9.90 Å². The second kappa shape index (κ2) is 6.38. The number of carbonyl (C=O) groups excluding carboxylic acids is 1. The molecule has 0 aliphatic carbocycles. The van der Waals surface area contributed by atoms with E-state index in [2.05, 4.69) is 10.6 Å². The molecule has 1 aromatic carbocycles. The Bertz CT molecular complexity index is 410. The molecule has 18 heavy (non-hydrogen) atoms. The predicted octanol–water partition coefficient (Wildman–Crippen LogP) is 2.29. The number of amides is 1. The van der Waals surface area contributed by atoms with Gasteiger partial charge in [0, 0.05) is 6.54 Å². The summed E-state index contributed by atoms with van der Waals surface area (Å²) in [6.45, 7) is 3.70. The zero-order valence-corrected chi connectivity index (χ0v) is 11.8. The standard InChI is InChI=1S/C12H16Cl2N2O2/c1-12(2,18)7-15-6-10(17)16-11-8(13)4-3-5-9(11)14/h3-5,15,18H,6-7H2,1-2H3,(H,16,17). The van der Waals surface area contributed by atoms with Crippen LogP contribution in [0.5, 0.6) is 0 Å². The summed E-state index contributed by atoms with van der Waals surface area (Å²) in [4.78, 5) is 11.6. The van der Waals surface area contributed by atoms with E-state index < -0.39 is 5.60 Å². The molecule has 0 heterocycles. The van der Waals surface area contributed by atoms with Gasteiger partial charge in [0.05, 0.1) is 27.9 Å². The number of hydrogen-bond donors (Lipinski definition) is 3. The second-order valence-electron chi connectivity index (χ2n) is 4.56. The molecule has 1 aromatic rings. The van der Waals surface area contributed by atoms with Crippen molar-refractivity contribution in [1.82, 2.24) is 5.32 Å². The van der Waals surface area contributed by atoms with Gasteiger partial charge >= 0.3 is 0 Å². The molecule has 0 aliphatic rings. The lowest BCUT2D eigenvalue weighted by atomic mass is 10.1. The summed E-state index contributed by atoms with van der Waals surface area (Å²) >= 11 is 11.8. The van der Waals surface area contributed by atoms with E-state index in [1.54, 1.807) is 32.0 Å². The summed E-state index contributed by atoms with van der Waals surface area (Å²) in [7, 11) is 0. The molecule has 0 saturated heterocycles. The van der Waals surface area contributed by atoms with Gasteiger partial charge in [0.25, 0.3) is 0 Å². The van der Waals surface area contributed by atoms with E-state index in [0.717, 1.165) is 0 Å². The van der Waals surface area contributed by atoms with Crippen molar-refractivity contribution in [2.24, 2.45) is 0 Å². The van der Waals surface area contributed by atoms with E-state index in [-0.39, 0.29) is 12.5 Å². The zero-order valence-electron chi connectivity index (χ0n) is 10.3. The topological polar surface area (TPSA) is 61.4 Å². The number of halogens is 2. The average molecular weight is 291 g/mol. The maximum atomic E-state index is 11.6. The summed E-state index contributed by atoms with van der Waals surface area (Å²) < 4.78 is 0. The van der Waals surface area contributed by atoms with E-state index in [0.29, 0.717) is 22.3 Å². The lowest BCUT2D eigenvalue weighted by molar-refractivity contribution is -0.115. The summed E-state index contributed by atoms with van der Waals surface area (Å²) in [6.07, 6.45) is 0. The van der Waals surface area contributed by atoms with Crippen LogP contribution < -0.4 is 10.6 Å². The number of aliphatic hydroxyl groups is 1. The molecule has 0 aromatic heterocycles. The van der Waals surface area contributed by atoms with E-state index >= 15 is 0 Å². The van der Waals surface area contributed by atoms with Gasteiger partial charge in [0.15, 0.2) is 0 Å². The maximum absolute atomic E-state index is 11.6. The molecular weight excluding hydrogens is 275 g/mol. The van der Waals surface area contributed by atoms with Gasteiger partial charge in [0.2, 0.25) is 5.91 Å². The monoisotopic (exact) mass is 290 g/mol. The molecule has 1 rings (SSSR count). The molecule has 0 spiro atoms. The molecular formula is C12H16Cl2N2O2. The first kappa shape index (κ1) is 15.2. The lowest BCUT2D eigenvalue weighted by Gasteiger charge is -2.17. The summed E-state index contributed by atoms with van der Waals surface area (Å²) in [5, 5.41) is 15.7. The molecule has 1 amide bonds. The fourth-order valence-corrected chi connectivity index (χ4v) is 1.77. The van der Waals surface area contributed by atoms with Gasteiger partial charge in [-0.3, -0.25) is 4.79 Å². The largest absolute Gasteiger partial charge is 0.389 e. The third kappa shape index (κ3) is 5.23. The Morgan fingerprint density at radius 1 is 1.33 bits per heavy atom. The molecule has 0 fully saturated rings. The quantitative estimate of drug-likeness (QED) is 0.780. The van der Waals surface area contributed by atoms with Crippen LogP contribution in [0.4, 0.5) is 5.69 Å². The van der Waals surface area contributed by atoms with Gasteiger partial charge in [-0.05, 0) is 26.0 Å². The van der Waals surface area contributed by atoms with Gasteiger partial charge in [-0.15, -0.1) is 0 Å². The minimum Gasteiger partial charge on any atom is -0.389 e. The Labute approximate surface area is 116 Å². The molecule has 4 nitrogen and oxygen atoms in total. The fraction of sp³-hybridized carbons (Fsp3) is 0.417. The highest BCUT2D eigenvalue weighted by atomic mass is 35.5. The Morgan fingerprint density at radius 2 is 1.89 bits per heavy atom. The average Bonchev–Trinajstić information content (AvgIpc) is 2.22. The van der Waals surface area contributed by atoms with Crippen molar-refractivity contribution in [1.29, 1.82) is 0 Å². The van der Waals surface area contributed by atoms with Gasteiger partial charge < -0.3 is 15.7 Å². The Balaban J connectivity index is 2.50. The van der Waals surface area contributed by atoms with Crippen LogP contribution in [-0.2, 0) is 4.79 Å². The third-order valence-corrected chi connectivity index (χ3v) is 2.70. The van der Waals surface area contributed by atoms with Crippen LogP contribution in [0.25, 0.3) is 0 Å². The fourth-order valence-electron chi connectivity index (χ4n) is 1.28. The number of anilines is 1. The van der Waals surface area contributed by atoms with Crippen LogP contribution in [0, 0.1) is 0 Å². The number of rotatable bonds is 5. The normalized spacial score (nSPS) is 11.4. The smallest absolute Gasteiger partial charge is 0.238 e. The van der Waals surface area contributed by atoms with E-state index in [1.807, 2.05) is 0 Å². The summed E-state index contributed by atoms with van der Waals surface area (Å²) in [5.41, 5.74) is -0.460. The number of hydrogen-bond acceptors (Lipinski definition) is 3. The summed E-state index contributed by atoms with van der Waals surface area (Å²) in [6, 6.07) is 4.99. The van der Waals surface area contributed by atoms with Crippen molar-refractivity contribution in [3.8, 4) is 0 Å². The Hall–Kier alpha value is -0.810. The highest BCUT2D eigenvalue weighted by molar-refractivity contribution is 6.39. The second-order valence-corrected chi connectivity index (χ2v) is 5.38. The molecule has 0 radical (unpaired) electrons. The molecule has 0 saturated carbocycles. The SMILES string of the molecule is CC(C)(O)CNCC(=O)Nc1c(Cl)cccc1Cl. The van der Waals surface area contributed by atoms with Crippen LogP contribution >= 0.6 is 23.2 Å². The van der Waals surface area contributed by atoms with E-state index in [1.165, 1.54) is 0 Å². The highest BCUT2D eigenvalue weighted by Crippen LogP contribution is 2.29. The highest BCUT2D eigenvalue weighted by Gasteiger charge is 2.13. The predicted molar refractivity (Wildman–Crippen MR) is 74.3 cm³/mol. The van der Waals surface area contributed by atoms with Crippen molar-refractivity contribution in [3.05, 3.63) is 28.2 Å². The minimum absolute atomic E-state index is 0.0749. The molecule has 3 N–H and O–H groups in total. The molecule has 0 unspecified atom stereocenters. The number of benzene rings is 1. The number of nitrogens with one attached hydrogen (secondary N) is 2. The van der Waals surface area contributed by atoms with E-state index in [4.69, 9.17) is 23.2 Å². The van der Waals surface area contributed by atoms with Crippen molar-refractivity contribution in [3.63, 3.8) is 0 Å². The van der Waals surface area contributed by atoms with Crippen molar-refractivity contribution in [2.45, 2.75) is 19.4 Å². The Morgan fingerprint density at radius 3 is 2.39 bits per heavy atom. The minimum atomic E-state index is -0.859.